The van der Waals surface area contributed by atoms with Gasteiger partial charge in [0, 0.05) is 0 Å². The third-order valence-electron chi connectivity index (χ3n) is 4.16. The number of esters is 1. The summed E-state index contributed by atoms with van der Waals surface area (Å²) in [6, 6.07) is 0.740. The van der Waals surface area contributed by atoms with Crippen LogP contribution in [0.15, 0.2) is 18.2 Å². The number of carbonyl (C=O) groups is 1. The zero-order chi connectivity index (χ0) is 19.1. The standard InChI is InChI=1S/C16H18F6O2/c1-13(2,3)14(4,5)12(23)24-11-7-9(15(17,18)19)6-10(8-11)16(20,21)22/h6-8H,1-5H3. The van der Waals surface area contributed by atoms with Crippen molar-refractivity contribution in [2.24, 2.45) is 10.8 Å². The van der Waals surface area contributed by atoms with E-state index in [1.54, 1.807) is 20.8 Å². The summed E-state index contributed by atoms with van der Waals surface area (Å²) in [6.07, 6.45) is -10.00. The van der Waals surface area contributed by atoms with Crippen LogP contribution in [-0.2, 0) is 17.1 Å². The van der Waals surface area contributed by atoms with Gasteiger partial charge in [-0.3, -0.25) is 4.79 Å². The monoisotopic (exact) mass is 356 g/mol. The Kier molecular flexibility index (Phi) is 5.05. The maximum Gasteiger partial charge on any atom is 0.416 e. The van der Waals surface area contributed by atoms with Crippen molar-refractivity contribution in [3.8, 4) is 5.75 Å². The first-order valence-electron chi connectivity index (χ1n) is 6.98. The molecule has 0 heterocycles. The molecule has 24 heavy (non-hydrogen) atoms. The highest BCUT2D eigenvalue weighted by Gasteiger charge is 2.42. The van der Waals surface area contributed by atoms with Crippen molar-refractivity contribution in [3.63, 3.8) is 0 Å². The Bertz CT molecular complexity index is 589. The smallest absolute Gasteiger partial charge is 0.416 e. The molecule has 1 aromatic rings. The minimum absolute atomic E-state index is 0.0216. The van der Waals surface area contributed by atoms with Crippen molar-refractivity contribution in [1.29, 1.82) is 0 Å². The molecule has 0 radical (unpaired) electrons. The molecule has 0 aliphatic carbocycles. The van der Waals surface area contributed by atoms with E-state index in [9.17, 15) is 31.1 Å². The lowest BCUT2D eigenvalue weighted by molar-refractivity contribution is -0.151. The van der Waals surface area contributed by atoms with E-state index in [4.69, 9.17) is 4.74 Å². The lowest BCUT2D eigenvalue weighted by Crippen LogP contribution is -2.40. The first kappa shape index (κ1) is 20.3. The lowest BCUT2D eigenvalue weighted by Gasteiger charge is -2.36. The zero-order valence-corrected chi connectivity index (χ0v) is 13.8. The molecule has 0 bridgehead atoms. The molecule has 136 valence electrons. The maximum absolute atomic E-state index is 12.8. The molecule has 0 saturated carbocycles. The summed E-state index contributed by atoms with van der Waals surface area (Å²) in [7, 11) is 0. The molecule has 0 N–H and O–H groups in total. The van der Waals surface area contributed by atoms with Gasteiger partial charge < -0.3 is 4.74 Å². The van der Waals surface area contributed by atoms with E-state index in [2.05, 4.69) is 0 Å². The summed E-state index contributed by atoms with van der Waals surface area (Å²) in [5.41, 5.74) is -4.81. The van der Waals surface area contributed by atoms with Crippen LogP contribution in [0.2, 0.25) is 0 Å². The number of rotatable bonds is 2. The van der Waals surface area contributed by atoms with E-state index >= 15 is 0 Å². The molecule has 0 spiro atoms. The summed E-state index contributed by atoms with van der Waals surface area (Å²) in [6.45, 7) is 8.14. The SMILES string of the molecule is CC(C)(C)C(C)(C)C(=O)Oc1cc(C(F)(F)F)cc(C(F)(F)F)c1. The molecular formula is C16H18F6O2. The van der Waals surface area contributed by atoms with E-state index in [0.717, 1.165) is 0 Å². The second-order valence-electron chi connectivity index (χ2n) is 7.01. The van der Waals surface area contributed by atoms with Crippen LogP contribution in [0.5, 0.6) is 5.75 Å². The van der Waals surface area contributed by atoms with E-state index in [1.165, 1.54) is 13.8 Å². The van der Waals surface area contributed by atoms with Crippen molar-refractivity contribution in [1.82, 2.24) is 0 Å². The fourth-order valence-corrected chi connectivity index (χ4v) is 1.53. The predicted octanol–water partition coefficient (Wildman–Crippen LogP) is 5.70. The minimum Gasteiger partial charge on any atom is -0.426 e. The van der Waals surface area contributed by atoms with Gasteiger partial charge in [-0.05, 0) is 37.5 Å². The topological polar surface area (TPSA) is 26.3 Å². The molecule has 2 nitrogen and oxygen atoms in total. The van der Waals surface area contributed by atoms with Crippen LogP contribution in [0.1, 0.15) is 45.7 Å². The lowest BCUT2D eigenvalue weighted by atomic mass is 9.69. The number of carbonyl (C=O) groups excluding carboxylic acids is 1. The highest BCUT2D eigenvalue weighted by atomic mass is 19.4. The second-order valence-corrected chi connectivity index (χ2v) is 7.01. The highest BCUT2D eigenvalue weighted by Crippen LogP contribution is 2.41. The van der Waals surface area contributed by atoms with E-state index in [-0.39, 0.29) is 6.07 Å². The van der Waals surface area contributed by atoms with Gasteiger partial charge in [0.05, 0.1) is 16.5 Å². The quantitative estimate of drug-likeness (QED) is 0.386. The van der Waals surface area contributed by atoms with Crippen LogP contribution in [-0.4, -0.2) is 5.97 Å². The van der Waals surface area contributed by atoms with E-state index < -0.39 is 46.0 Å². The summed E-state index contributed by atoms with van der Waals surface area (Å²) in [5, 5.41) is 0. The van der Waals surface area contributed by atoms with Gasteiger partial charge in [-0.2, -0.15) is 26.3 Å². The van der Waals surface area contributed by atoms with Crippen LogP contribution in [0.25, 0.3) is 0 Å². The Morgan fingerprint density at radius 2 is 1.17 bits per heavy atom. The molecule has 0 atom stereocenters. The Morgan fingerprint density at radius 3 is 1.46 bits per heavy atom. The largest absolute Gasteiger partial charge is 0.426 e. The summed E-state index contributed by atoms with van der Waals surface area (Å²) >= 11 is 0. The molecule has 8 heteroatoms. The van der Waals surface area contributed by atoms with Gasteiger partial charge in [0.1, 0.15) is 5.75 Å². The Balaban J connectivity index is 3.32. The third-order valence-corrected chi connectivity index (χ3v) is 4.16. The molecule has 1 rings (SSSR count). The average molecular weight is 356 g/mol. The van der Waals surface area contributed by atoms with Crippen molar-refractivity contribution < 1.29 is 35.9 Å². The molecule has 0 saturated heterocycles. The molecular weight excluding hydrogens is 338 g/mol. The molecule has 0 unspecified atom stereocenters. The first-order chi connectivity index (χ1) is 10.5. The fraction of sp³-hybridized carbons (Fsp3) is 0.562. The Labute approximate surface area is 135 Å². The van der Waals surface area contributed by atoms with Gasteiger partial charge in [-0.25, -0.2) is 0 Å². The van der Waals surface area contributed by atoms with Crippen LogP contribution in [0.3, 0.4) is 0 Å². The number of benzene rings is 1. The van der Waals surface area contributed by atoms with Crippen LogP contribution < -0.4 is 4.74 Å². The Hall–Kier alpha value is -1.73. The first-order valence-corrected chi connectivity index (χ1v) is 6.98. The van der Waals surface area contributed by atoms with Gasteiger partial charge >= 0.3 is 18.3 Å². The zero-order valence-electron chi connectivity index (χ0n) is 13.8. The van der Waals surface area contributed by atoms with Gasteiger partial charge in [0.15, 0.2) is 0 Å². The second kappa shape index (κ2) is 5.97. The molecule has 0 aliphatic rings. The normalized spacial score (nSPS) is 13.8. The Morgan fingerprint density at radius 1 is 0.792 bits per heavy atom. The van der Waals surface area contributed by atoms with Gasteiger partial charge in [-0.1, -0.05) is 20.8 Å². The summed E-state index contributed by atoms with van der Waals surface area (Å²) in [4.78, 5) is 12.2. The van der Waals surface area contributed by atoms with Crippen molar-refractivity contribution >= 4 is 5.97 Å². The third kappa shape index (κ3) is 4.42. The van der Waals surface area contributed by atoms with Crippen LogP contribution in [0, 0.1) is 10.8 Å². The van der Waals surface area contributed by atoms with Crippen molar-refractivity contribution in [3.05, 3.63) is 29.3 Å². The maximum atomic E-state index is 12.8. The van der Waals surface area contributed by atoms with Crippen molar-refractivity contribution in [2.75, 3.05) is 0 Å². The summed E-state index contributed by atoms with van der Waals surface area (Å²) < 4.78 is 81.6. The van der Waals surface area contributed by atoms with Crippen molar-refractivity contribution in [2.45, 2.75) is 47.0 Å². The average Bonchev–Trinajstić information content (AvgIpc) is 2.34. The molecule has 0 fully saturated rings. The number of halogens is 6. The molecule has 0 aromatic heterocycles. The summed E-state index contributed by atoms with van der Waals surface area (Å²) in [5.74, 6) is -1.71. The van der Waals surface area contributed by atoms with Crippen LogP contribution >= 0.6 is 0 Å². The highest BCUT2D eigenvalue weighted by molar-refractivity contribution is 5.79. The van der Waals surface area contributed by atoms with Crippen LogP contribution in [0.4, 0.5) is 26.3 Å². The number of hydrogen-bond donors (Lipinski definition) is 0. The van der Waals surface area contributed by atoms with Gasteiger partial charge in [0.2, 0.25) is 0 Å². The molecule has 0 aliphatic heterocycles. The predicted molar refractivity (Wildman–Crippen MR) is 75.3 cm³/mol. The van der Waals surface area contributed by atoms with Gasteiger partial charge in [-0.15, -0.1) is 0 Å². The van der Waals surface area contributed by atoms with E-state index in [1.807, 2.05) is 0 Å². The number of hydrogen-bond acceptors (Lipinski definition) is 2. The minimum atomic E-state index is -5.00. The molecule has 1 aromatic carbocycles. The number of alkyl halides is 6. The molecule has 0 amide bonds. The number of ether oxygens (including phenoxy) is 1. The van der Waals surface area contributed by atoms with E-state index in [0.29, 0.717) is 12.1 Å². The van der Waals surface area contributed by atoms with Gasteiger partial charge in [0.25, 0.3) is 0 Å². The fourth-order valence-electron chi connectivity index (χ4n) is 1.53.